The summed E-state index contributed by atoms with van der Waals surface area (Å²) in [5, 5.41) is 0. The van der Waals surface area contributed by atoms with Crippen LogP contribution >= 0.6 is 0 Å². The Bertz CT molecular complexity index is 806. The third-order valence-corrected chi connectivity index (χ3v) is 6.48. The summed E-state index contributed by atoms with van der Waals surface area (Å²) in [5.74, 6) is 0. The molecule has 25 heavy (non-hydrogen) atoms. The molecule has 2 aliphatic rings. The highest BCUT2D eigenvalue weighted by Crippen LogP contribution is 2.48. The van der Waals surface area contributed by atoms with Gasteiger partial charge >= 0.3 is 6.18 Å². The quantitative estimate of drug-likeness (QED) is 0.800. The van der Waals surface area contributed by atoms with Crippen LogP contribution in [0.2, 0.25) is 0 Å². The molecule has 1 aromatic carbocycles. The number of hydrogen-bond acceptors (Lipinski definition) is 2. The molecule has 1 fully saturated rings. The summed E-state index contributed by atoms with van der Waals surface area (Å²) in [6, 6.07) is 3.94. The smallest absolute Gasteiger partial charge is 0.213 e. The van der Waals surface area contributed by atoms with Gasteiger partial charge in [-0.1, -0.05) is 19.1 Å². The molecule has 0 radical (unpaired) electrons. The van der Waals surface area contributed by atoms with Gasteiger partial charge in [-0.05, 0) is 54.5 Å². The van der Waals surface area contributed by atoms with Gasteiger partial charge in [-0.15, -0.1) is 0 Å². The number of rotatable bonds is 3. The van der Waals surface area contributed by atoms with Gasteiger partial charge in [0, 0.05) is 18.5 Å². The predicted molar refractivity (Wildman–Crippen MR) is 91.5 cm³/mol. The Kier molecular flexibility index (Phi) is 4.52. The second-order valence-corrected chi connectivity index (χ2v) is 9.18. The van der Waals surface area contributed by atoms with Crippen LogP contribution < -0.4 is 0 Å². The molecule has 0 N–H and O–H groups in total. The predicted octanol–water partition coefficient (Wildman–Crippen LogP) is 4.10. The third-order valence-electron chi connectivity index (χ3n) is 5.29. The summed E-state index contributed by atoms with van der Waals surface area (Å²) in [7, 11) is -3.20. The Hall–Kier alpha value is -1.34. The summed E-state index contributed by atoms with van der Waals surface area (Å²) in [6.07, 6.45) is 1.79. The van der Waals surface area contributed by atoms with E-state index >= 15 is 0 Å². The van der Waals surface area contributed by atoms with Crippen molar-refractivity contribution in [3.05, 3.63) is 41.0 Å². The zero-order valence-corrected chi connectivity index (χ0v) is 15.2. The molecule has 3 nitrogen and oxygen atoms in total. The number of halogens is 3. The molecule has 0 atom stereocenters. The number of hydrogen-bond donors (Lipinski definition) is 0. The zero-order valence-electron chi connectivity index (χ0n) is 14.4. The first-order chi connectivity index (χ1) is 11.5. The van der Waals surface area contributed by atoms with Gasteiger partial charge in [0.2, 0.25) is 10.0 Å². The van der Waals surface area contributed by atoms with Crippen molar-refractivity contribution in [1.82, 2.24) is 4.31 Å². The van der Waals surface area contributed by atoms with Crippen molar-refractivity contribution in [2.45, 2.75) is 38.8 Å². The molecule has 1 spiro atoms. The van der Waals surface area contributed by atoms with Gasteiger partial charge in [-0.25, -0.2) is 12.7 Å². The van der Waals surface area contributed by atoms with Crippen molar-refractivity contribution in [3.8, 4) is 0 Å². The Labute approximate surface area is 146 Å². The van der Waals surface area contributed by atoms with Crippen molar-refractivity contribution in [2.24, 2.45) is 5.41 Å². The first-order valence-corrected chi connectivity index (χ1v) is 10.2. The molecule has 1 aromatic rings. The average Bonchev–Trinajstić information content (AvgIpc) is 2.50. The molecule has 3 rings (SSSR count). The van der Waals surface area contributed by atoms with Gasteiger partial charge in [0.1, 0.15) is 0 Å². The van der Waals surface area contributed by atoms with Gasteiger partial charge in [0.05, 0.1) is 11.8 Å². The fraction of sp³-hybridized carbons (Fsp3) is 0.556. The van der Waals surface area contributed by atoms with E-state index in [1.807, 2.05) is 13.0 Å². The lowest BCUT2D eigenvalue weighted by atomic mass is 9.68. The Morgan fingerprint density at radius 2 is 1.92 bits per heavy atom. The van der Waals surface area contributed by atoms with Gasteiger partial charge in [-0.2, -0.15) is 13.2 Å². The molecule has 1 aliphatic heterocycles. The maximum absolute atomic E-state index is 13.1. The number of sulfonamides is 1. The van der Waals surface area contributed by atoms with Gasteiger partial charge in [0.25, 0.3) is 0 Å². The monoisotopic (exact) mass is 373 g/mol. The lowest BCUT2D eigenvalue weighted by Crippen LogP contribution is -2.58. The minimum atomic E-state index is -4.36. The second-order valence-electron chi connectivity index (χ2n) is 7.20. The third kappa shape index (κ3) is 3.62. The zero-order chi connectivity index (χ0) is 18.5. The van der Waals surface area contributed by atoms with Crippen LogP contribution in [0.1, 0.15) is 42.9 Å². The number of benzene rings is 1. The molecule has 1 saturated heterocycles. The molecule has 0 aromatic heterocycles. The number of nitrogens with zero attached hydrogens (tertiary/aromatic N) is 1. The summed E-state index contributed by atoms with van der Waals surface area (Å²) < 4.78 is 64.0. The van der Waals surface area contributed by atoms with E-state index in [4.69, 9.17) is 0 Å². The van der Waals surface area contributed by atoms with E-state index in [1.54, 1.807) is 6.07 Å². The lowest BCUT2D eigenvalue weighted by molar-refractivity contribution is -0.137. The van der Waals surface area contributed by atoms with E-state index in [0.717, 1.165) is 30.0 Å². The van der Waals surface area contributed by atoms with Gasteiger partial charge < -0.3 is 0 Å². The Balaban J connectivity index is 1.89. The summed E-state index contributed by atoms with van der Waals surface area (Å²) >= 11 is 0. The molecule has 0 bridgehead atoms. The molecule has 7 heteroatoms. The number of alkyl halides is 3. The number of aryl methyl sites for hydroxylation is 1. The van der Waals surface area contributed by atoms with E-state index in [-0.39, 0.29) is 5.41 Å². The highest BCUT2D eigenvalue weighted by molar-refractivity contribution is 7.88. The highest BCUT2D eigenvalue weighted by Gasteiger charge is 2.47. The van der Waals surface area contributed by atoms with Crippen molar-refractivity contribution < 1.29 is 21.6 Å². The van der Waals surface area contributed by atoms with Crippen LogP contribution in [0.4, 0.5) is 13.2 Å². The molecule has 138 valence electrons. The summed E-state index contributed by atoms with van der Waals surface area (Å²) in [4.78, 5) is 0. The van der Waals surface area contributed by atoms with E-state index < -0.39 is 21.8 Å². The second kappa shape index (κ2) is 6.13. The van der Waals surface area contributed by atoms with E-state index in [0.29, 0.717) is 31.5 Å². The Morgan fingerprint density at radius 3 is 2.48 bits per heavy atom. The van der Waals surface area contributed by atoms with Crippen LogP contribution in [-0.4, -0.2) is 32.1 Å². The van der Waals surface area contributed by atoms with Crippen molar-refractivity contribution in [2.75, 3.05) is 19.3 Å². The first-order valence-electron chi connectivity index (χ1n) is 8.39. The lowest BCUT2D eigenvalue weighted by Gasteiger charge is -2.51. The van der Waals surface area contributed by atoms with E-state index in [9.17, 15) is 21.6 Å². The van der Waals surface area contributed by atoms with Crippen LogP contribution in [0.5, 0.6) is 0 Å². The van der Waals surface area contributed by atoms with Gasteiger partial charge in [-0.3, -0.25) is 0 Å². The Morgan fingerprint density at radius 1 is 1.24 bits per heavy atom. The molecule has 0 saturated carbocycles. The first kappa shape index (κ1) is 18.5. The fourth-order valence-corrected chi connectivity index (χ4v) is 4.91. The largest absolute Gasteiger partial charge is 0.416 e. The van der Waals surface area contributed by atoms with Crippen LogP contribution in [0.15, 0.2) is 24.3 Å². The standard InChI is InChI=1S/C18H22F3NO2S/c1-3-13-6-7-15(18(19,20)21)9-16(13)14-5-4-8-17(10-14)11-22(12-17)25(2,23)24/h5-7,9H,3-4,8,10-12H2,1-2H3. The van der Waals surface area contributed by atoms with E-state index in [2.05, 4.69) is 0 Å². The maximum Gasteiger partial charge on any atom is 0.416 e. The topological polar surface area (TPSA) is 37.4 Å². The van der Waals surface area contributed by atoms with Crippen molar-refractivity contribution in [1.29, 1.82) is 0 Å². The summed E-state index contributed by atoms with van der Waals surface area (Å²) in [5.41, 5.74) is 1.71. The summed E-state index contributed by atoms with van der Waals surface area (Å²) in [6.45, 7) is 2.85. The van der Waals surface area contributed by atoms with Gasteiger partial charge in [0.15, 0.2) is 0 Å². The van der Waals surface area contributed by atoms with Crippen LogP contribution in [0.25, 0.3) is 5.57 Å². The van der Waals surface area contributed by atoms with Crippen LogP contribution in [-0.2, 0) is 22.6 Å². The SMILES string of the molecule is CCc1ccc(C(F)(F)F)cc1C1=CCCC2(C1)CN(S(C)(=O)=O)C2. The van der Waals surface area contributed by atoms with Crippen LogP contribution in [0, 0.1) is 5.41 Å². The minimum Gasteiger partial charge on any atom is -0.213 e. The highest BCUT2D eigenvalue weighted by atomic mass is 32.2. The molecule has 1 heterocycles. The molecule has 0 unspecified atom stereocenters. The molecule has 1 aliphatic carbocycles. The minimum absolute atomic E-state index is 0.133. The van der Waals surface area contributed by atoms with Crippen molar-refractivity contribution >= 4 is 15.6 Å². The van der Waals surface area contributed by atoms with Crippen molar-refractivity contribution in [3.63, 3.8) is 0 Å². The molecular formula is C18H22F3NO2S. The average molecular weight is 373 g/mol. The van der Waals surface area contributed by atoms with E-state index in [1.165, 1.54) is 16.6 Å². The normalized spacial score (nSPS) is 21.1. The molecule has 0 amide bonds. The molecular weight excluding hydrogens is 351 g/mol. The van der Waals surface area contributed by atoms with Crippen LogP contribution in [0.3, 0.4) is 0 Å². The maximum atomic E-state index is 13.1. The number of allylic oxidation sites excluding steroid dienone is 2. The fourth-order valence-electron chi connectivity index (χ4n) is 3.89.